The summed E-state index contributed by atoms with van der Waals surface area (Å²) in [6.07, 6.45) is 1.51. The molecular weight excluding hydrogens is 429 g/mol. The Bertz CT molecular complexity index is 1180. The van der Waals surface area contributed by atoms with E-state index in [0.29, 0.717) is 32.6 Å². The first-order valence-corrected chi connectivity index (χ1v) is 9.01. The van der Waals surface area contributed by atoms with Crippen LogP contribution in [-0.2, 0) is 0 Å². The lowest BCUT2D eigenvalue weighted by Crippen LogP contribution is -2.12. The number of pyridine rings is 1. The molecule has 0 radical (unpaired) electrons. The fourth-order valence-electron chi connectivity index (χ4n) is 2.77. The van der Waals surface area contributed by atoms with Crippen molar-refractivity contribution in [2.75, 3.05) is 12.4 Å². The topological polar surface area (TPSA) is 77.2 Å². The molecular formula is C20H13BrFN3O3. The Morgan fingerprint density at radius 2 is 1.96 bits per heavy atom. The Balaban J connectivity index is 1.75. The fraction of sp³-hybridized carbons (Fsp3) is 0.0500. The van der Waals surface area contributed by atoms with Crippen molar-refractivity contribution in [3.05, 3.63) is 70.7 Å². The number of carbonyl (C=O) groups excluding carboxylic acids is 1. The van der Waals surface area contributed by atoms with Gasteiger partial charge in [0.1, 0.15) is 16.2 Å². The van der Waals surface area contributed by atoms with Crippen LogP contribution in [0.15, 0.2) is 63.7 Å². The van der Waals surface area contributed by atoms with E-state index in [2.05, 4.69) is 31.2 Å². The minimum atomic E-state index is -0.392. The van der Waals surface area contributed by atoms with E-state index < -0.39 is 5.91 Å². The van der Waals surface area contributed by atoms with Crippen LogP contribution in [0, 0.1) is 5.82 Å². The summed E-state index contributed by atoms with van der Waals surface area (Å²) < 4.78 is 25.0. The van der Waals surface area contributed by atoms with Crippen molar-refractivity contribution in [1.82, 2.24) is 9.97 Å². The van der Waals surface area contributed by atoms with Gasteiger partial charge < -0.3 is 9.15 Å². The van der Waals surface area contributed by atoms with Gasteiger partial charge in [0.05, 0.1) is 7.11 Å². The standard InChI is InChI=1S/C20H13BrFN3O3/c1-27-15-7-6-14(11-2-4-13(22)5-3-11)18-17(15)24-20(28-18)25-19(26)12-8-9-23-16(21)10-12/h2-10H,1H3,(H,24,25,26). The van der Waals surface area contributed by atoms with Crippen molar-refractivity contribution < 1.29 is 18.3 Å². The van der Waals surface area contributed by atoms with Gasteiger partial charge in [-0.25, -0.2) is 9.37 Å². The Labute approximate surface area is 167 Å². The highest BCUT2D eigenvalue weighted by atomic mass is 79.9. The zero-order chi connectivity index (χ0) is 19.7. The molecule has 2 heterocycles. The number of anilines is 1. The lowest BCUT2D eigenvalue weighted by atomic mass is 10.0. The molecule has 0 saturated carbocycles. The molecule has 0 unspecified atom stereocenters. The number of methoxy groups -OCH3 is 1. The molecule has 2 aromatic carbocycles. The molecule has 1 amide bonds. The second-order valence-corrected chi connectivity index (χ2v) is 6.65. The predicted octanol–water partition coefficient (Wildman–Crippen LogP) is 5.05. The molecule has 0 atom stereocenters. The molecule has 0 aliphatic carbocycles. The number of amides is 1. The number of carbonyl (C=O) groups is 1. The van der Waals surface area contributed by atoms with Gasteiger partial charge in [0, 0.05) is 17.3 Å². The zero-order valence-corrected chi connectivity index (χ0v) is 16.2. The second-order valence-electron chi connectivity index (χ2n) is 5.84. The predicted molar refractivity (Wildman–Crippen MR) is 106 cm³/mol. The second kappa shape index (κ2) is 7.40. The van der Waals surface area contributed by atoms with Crippen LogP contribution in [-0.4, -0.2) is 23.0 Å². The number of nitrogens with one attached hydrogen (secondary N) is 1. The van der Waals surface area contributed by atoms with Gasteiger partial charge in [-0.2, -0.15) is 4.98 Å². The Morgan fingerprint density at radius 1 is 1.18 bits per heavy atom. The van der Waals surface area contributed by atoms with Gasteiger partial charge in [-0.15, -0.1) is 0 Å². The van der Waals surface area contributed by atoms with Crippen molar-refractivity contribution in [1.29, 1.82) is 0 Å². The van der Waals surface area contributed by atoms with Crippen molar-refractivity contribution in [2.45, 2.75) is 0 Å². The summed E-state index contributed by atoms with van der Waals surface area (Å²) in [5, 5.41) is 2.63. The maximum atomic E-state index is 13.3. The molecule has 4 rings (SSSR count). The molecule has 0 fully saturated rings. The summed E-state index contributed by atoms with van der Waals surface area (Å²) in [5.74, 6) is -0.226. The Hall–Kier alpha value is -3.26. The number of rotatable bonds is 4. The highest BCUT2D eigenvalue weighted by Gasteiger charge is 2.18. The van der Waals surface area contributed by atoms with E-state index in [1.165, 1.54) is 25.4 Å². The lowest BCUT2D eigenvalue weighted by molar-refractivity contribution is 0.102. The number of oxazole rings is 1. The van der Waals surface area contributed by atoms with Gasteiger partial charge in [0.2, 0.25) is 0 Å². The molecule has 2 aromatic heterocycles. The van der Waals surface area contributed by atoms with E-state index >= 15 is 0 Å². The molecule has 0 bridgehead atoms. The number of benzene rings is 2. The number of aromatic nitrogens is 2. The quantitative estimate of drug-likeness (QED) is 0.448. The van der Waals surface area contributed by atoms with Crippen LogP contribution < -0.4 is 10.1 Å². The first-order valence-electron chi connectivity index (χ1n) is 8.21. The summed E-state index contributed by atoms with van der Waals surface area (Å²) in [6, 6.07) is 12.8. The van der Waals surface area contributed by atoms with E-state index in [4.69, 9.17) is 9.15 Å². The van der Waals surface area contributed by atoms with Crippen LogP contribution in [0.5, 0.6) is 5.75 Å². The van der Waals surface area contributed by atoms with Gasteiger partial charge in [0.25, 0.3) is 5.91 Å². The molecule has 0 saturated heterocycles. The normalized spacial score (nSPS) is 10.8. The zero-order valence-electron chi connectivity index (χ0n) is 14.6. The van der Waals surface area contributed by atoms with Crippen LogP contribution in [0.1, 0.15) is 10.4 Å². The molecule has 0 aliphatic rings. The van der Waals surface area contributed by atoms with Gasteiger partial charge in [-0.05, 0) is 57.9 Å². The third-order valence-corrected chi connectivity index (χ3v) is 4.52. The number of halogens is 2. The first-order chi connectivity index (χ1) is 13.5. The number of fused-ring (bicyclic) bond motifs is 1. The van der Waals surface area contributed by atoms with Gasteiger partial charge in [0.15, 0.2) is 11.1 Å². The van der Waals surface area contributed by atoms with Crippen molar-refractivity contribution in [3.8, 4) is 16.9 Å². The van der Waals surface area contributed by atoms with Crippen LogP contribution in [0.2, 0.25) is 0 Å². The van der Waals surface area contributed by atoms with Crippen LogP contribution in [0.3, 0.4) is 0 Å². The summed E-state index contributed by atoms with van der Waals surface area (Å²) >= 11 is 3.23. The van der Waals surface area contributed by atoms with E-state index in [1.54, 1.807) is 36.4 Å². The average Bonchev–Trinajstić information content (AvgIpc) is 3.11. The van der Waals surface area contributed by atoms with Gasteiger partial charge >= 0.3 is 6.01 Å². The molecule has 8 heteroatoms. The smallest absolute Gasteiger partial charge is 0.302 e. The SMILES string of the molecule is COc1ccc(-c2ccc(F)cc2)c2oc(NC(=O)c3ccnc(Br)c3)nc12. The van der Waals surface area contributed by atoms with E-state index in [9.17, 15) is 9.18 Å². The minimum absolute atomic E-state index is 0.0285. The first kappa shape index (κ1) is 18.1. The lowest BCUT2D eigenvalue weighted by Gasteiger charge is -2.05. The van der Waals surface area contributed by atoms with E-state index in [1.807, 2.05) is 0 Å². The van der Waals surface area contributed by atoms with Crippen molar-refractivity contribution in [3.63, 3.8) is 0 Å². The van der Waals surface area contributed by atoms with Crippen molar-refractivity contribution in [2.24, 2.45) is 0 Å². The summed E-state index contributed by atoms with van der Waals surface area (Å²) in [7, 11) is 1.52. The van der Waals surface area contributed by atoms with E-state index in [0.717, 1.165) is 5.56 Å². The van der Waals surface area contributed by atoms with Crippen LogP contribution >= 0.6 is 15.9 Å². The monoisotopic (exact) mass is 441 g/mol. The summed E-state index contributed by atoms with van der Waals surface area (Å²) in [6.45, 7) is 0. The third kappa shape index (κ3) is 3.46. The Morgan fingerprint density at radius 3 is 2.68 bits per heavy atom. The number of hydrogen-bond acceptors (Lipinski definition) is 5. The van der Waals surface area contributed by atoms with Gasteiger partial charge in [-0.1, -0.05) is 12.1 Å². The average molecular weight is 442 g/mol. The number of hydrogen-bond donors (Lipinski definition) is 1. The molecule has 28 heavy (non-hydrogen) atoms. The fourth-order valence-corrected chi connectivity index (χ4v) is 3.14. The molecule has 0 spiro atoms. The summed E-state index contributed by atoms with van der Waals surface area (Å²) in [5.41, 5.74) is 2.74. The largest absolute Gasteiger partial charge is 0.494 e. The van der Waals surface area contributed by atoms with Crippen LogP contribution in [0.4, 0.5) is 10.4 Å². The maximum absolute atomic E-state index is 13.3. The molecule has 0 aliphatic heterocycles. The Kier molecular flexibility index (Phi) is 4.79. The number of nitrogens with zero attached hydrogens (tertiary/aromatic N) is 2. The van der Waals surface area contributed by atoms with E-state index in [-0.39, 0.29) is 11.8 Å². The highest BCUT2D eigenvalue weighted by Crippen LogP contribution is 2.36. The number of ether oxygens (including phenoxy) is 1. The maximum Gasteiger partial charge on any atom is 0.302 e. The van der Waals surface area contributed by atoms with Gasteiger partial charge in [-0.3, -0.25) is 10.1 Å². The molecule has 1 N–H and O–H groups in total. The molecule has 4 aromatic rings. The molecule has 140 valence electrons. The minimum Gasteiger partial charge on any atom is -0.494 e. The van der Waals surface area contributed by atoms with Crippen LogP contribution in [0.25, 0.3) is 22.2 Å². The third-order valence-electron chi connectivity index (χ3n) is 4.09. The highest BCUT2D eigenvalue weighted by molar-refractivity contribution is 9.10. The van der Waals surface area contributed by atoms with Crippen molar-refractivity contribution >= 4 is 39.0 Å². The molecule has 6 nitrogen and oxygen atoms in total. The summed E-state index contributed by atoms with van der Waals surface area (Å²) in [4.78, 5) is 20.8.